The highest BCUT2D eigenvalue weighted by atomic mass is 32.2. The van der Waals surface area contributed by atoms with Gasteiger partial charge in [0, 0.05) is 12.6 Å². The van der Waals surface area contributed by atoms with Gasteiger partial charge < -0.3 is 4.90 Å². The minimum atomic E-state index is -3.75. The van der Waals surface area contributed by atoms with Crippen molar-refractivity contribution in [1.82, 2.24) is 9.62 Å². The van der Waals surface area contributed by atoms with Gasteiger partial charge in [-0.25, -0.2) is 17.5 Å². The zero-order chi connectivity index (χ0) is 16.3. The number of rotatable bonds is 6. The average Bonchev–Trinajstić information content (AvgIpc) is 2.95. The van der Waals surface area contributed by atoms with Crippen LogP contribution in [0.25, 0.3) is 0 Å². The number of aryl methyl sites for hydroxylation is 1. The van der Waals surface area contributed by atoms with Gasteiger partial charge in [0.25, 0.3) is 0 Å². The van der Waals surface area contributed by atoms with Crippen molar-refractivity contribution >= 4 is 21.4 Å². The van der Waals surface area contributed by atoms with Crippen LogP contribution in [0.3, 0.4) is 0 Å². The smallest absolute Gasteiger partial charge is 0.240 e. The SMILES string of the molecule is Cc1ccc(F)cc1S(=O)(=O)NCC(c1ccsc1)N(C)C. The van der Waals surface area contributed by atoms with Crippen LogP contribution in [0.1, 0.15) is 17.2 Å². The highest BCUT2D eigenvalue weighted by Gasteiger charge is 2.21. The molecular formula is C15H19FN2O2S2. The number of hydrogen-bond donors (Lipinski definition) is 1. The Labute approximate surface area is 134 Å². The number of hydrogen-bond acceptors (Lipinski definition) is 4. The van der Waals surface area contributed by atoms with Crippen LogP contribution in [0.15, 0.2) is 39.9 Å². The molecule has 1 unspecified atom stereocenters. The Morgan fingerprint density at radius 3 is 2.64 bits per heavy atom. The van der Waals surface area contributed by atoms with Gasteiger partial charge in [-0.1, -0.05) is 6.07 Å². The van der Waals surface area contributed by atoms with Crippen molar-refractivity contribution in [2.24, 2.45) is 0 Å². The molecule has 0 fully saturated rings. The summed E-state index contributed by atoms with van der Waals surface area (Å²) in [5.74, 6) is -0.562. The first-order chi connectivity index (χ1) is 10.3. The van der Waals surface area contributed by atoms with E-state index in [4.69, 9.17) is 0 Å². The first kappa shape index (κ1) is 17.1. The molecule has 1 aromatic heterocycles. The molecule has 1 atom stereocenters. The molecule has 22 heavy (non-hydrogen) atoms. The monoisotopic (exact) mass is 342 g/mol. The van der Waals surface area contributed by atoms with Crippen molar-refractivity contribution in [3.05, 3.63) is 52.0 Å². The van der Waals surface area contributed by atoms with Gasteiger partial charge in [0.2, 0.25) is 10.0 Å². The summed E-state index contributed by atoms with van der Waals surface area (Å²) in [6.45, 7) is 1.87. The molecule has 0 amide bonds. The summed E-state index contributed by atoms with van der Waals surface area (Å²) in [5.41, 5.74) is 1.57. The van der Waals surface area contributed by atoms with Gasteiger partial charge in [0.15, 0.2) is 0 Å². The van der Waals surface area contributed by atoms with Crippen LogP contribution in [0.4, 0.5) is 4.39 Å². The number of nitrogens with zero attached hydrogens (tertiary/aromatic N) is 1. The molecule has 4 nitrogen and oxygen atoms in total. The van der Waals surface area contributed by atoms with Crippen LogP contribution in [-0.4, -0.2) is 34.0 Å². The largest absolute Gasteiger partial charge is 0.301 e. The van der Waals surface area contributed by atoms with Crippen molar-refractivity contribution in [1.29, 1.82) is 0 Å². The highest BCUT2D eigenvalue weighted by Crippen LogP contribution is 2.22. The van der Waals surface area contributed by atoms with Crippen LogP contribution in [0.2, 0.25) is 0 Å². The van der Waals surface area contributed by atoms with Gasteiger partial charge >= 0.3 is 0 Å². The summed E-state index contributed by atoms with van der Waals surface area (Å²) in [7, 11) is 0.0395. The second-order valence-electron chi connectivity index (χ2n) is 5.30. The van der Waals surface area contributed by atoms with E-state index >= 15 is 0 Å². The number of benzene rings is 1. The van der Waals surface area contributed by atoms with E-state index < -0.39 is 15.8 Å². The Morgan fingerprint density at radius 2 is 2.05 bits per heavy atom. The molecule has 0 spiro atoms. The van der Waals surface area contributed by atoms with Crippen LogP contribution >= 0.6 is 11.3 Å². The third kappa shape index (κ3) is 3.92. The highest BCUT2D eigenvalue weighted by molar-refractivity contribution is 7.89. The van der Waals surface area contributed by atoms with Crippen molar-refractivity contribution in [2.45, 2.75) is 17.9 Å². The lowest BCUT2D eigenvalue weighted by Gasteiger charge is -2.24. The number of halogens is 1. The van der Waals surface area contributed by atoms with Crippen LogP contribution in [0.5, 0.6) is 0 Å². The Kier molecular flexibility index (Phi) is 5.33. The van der Waals surface area contributed by atoms with E-state index in [1.807, 2.05) is 35.8 Å². The molecule has 0 saturated carbocycles. The third-order valence-electron chi connectivity index (χ3n) is 3.46. The minimum Gasteiger partial charge on any atom is -0.301 e. The Balaban J connectivity index is 2.20. The maximum atomic E-state index is 13.3. The standard InChI is InChI=1S/C15H19FN2O2S2/c1-11-4-5-13(16)8-15(11)22(19,20)17-9-14(18(2)3)12-6-7-21-10-12/h4-8,10,14,17H,9H2,1-3H3. The molecular weight excluding hydrogens is 323 g/mol. The molecule has 0 aliphatic carbocycles. The second-order valence-corrected chi connectivity index (χ2v) is 7.81. The van der Waals surface area contributed by atoms with E-state index in [1.165, 1.54) is 12.1 Å². The molecule has 0 aliphatic heterocycles. The van der Waals surface area contributed by atoms with E-state index in [1.54, 1.807) is 18.3 Å². The summed E-state index contributed by atoms with van der Waals surface area (Å²) >= 11 is 1.57. The molecule has 0 aliphatic rings. The molecule has 7 heteroatoms. The van der Waals surface area contributed by atoms with Crippen LogP contribution in [0, 0.1) is 12.7 Å². The molecule has 2 aromatic rings. The van der Waals surface area contributed by atoms with E-state index in [9.17, 15) is 12.8 Å². The summed E-state index contributed by atoms with van der Waals surface area (Å²) < 4.78 is 40.7. The number of sulfonamides is 1. The molecule has 120 valence electrons. The lowest BCUT2D eigenvalue weighted by atomic mass is 10.1. The Hall–Kier alpha value is -1.28. The van der Waals surface area contributed by atoms with Crippen LogP contribution < -0.4 is 4.72 Å². The summed E-state index contributed by atoms with van der Waals surface area (Å²) in [5, 5.41) is 3.95. The average molecular weight is 342 g/mol. The zero-order valence-corrected chi connectivity index (χ0v) is 14.3. The zero-order valence-electron chi connectivity index (χ0n) is 12.7. The fourth-order valence-electron chi connectivity index (χ4n) is 2.19. The molecule has 1 aromatic carbocycles. The maximum absolute atomic E-state index is 13.3. The molecule has 2 rings (SSSR count). The first-order valence-electron chi connectivity index (χ1n) is 6.75. The Morgan fingerprint density at radius 1 is 1.32 bits per heavy atom. The topological polar surface area (TPSA) is 49.4 Å². The van der Waals surface area contributed by atoms with Crippen molar-refractivity contribution in [3.8, 4) is 0 Å². The van der Waals surface area contributed by atoms with Crippen molar-refractivity contribution in [2.75, 3.05) is 20.6 Å². The maximum Gasteiger partial charge on any atom is 0.240 e. The van der Waals surface area contributed by atoms with Gasteiger partial charge in [0.05, 0.1) is 4.90 Å². The summed E-state index contributed by atoms with van der Waals surface area (Å²) in [6, 6.07) is 5.66. The lowest BCUT2D eigenvalue weighted by molar-refractivity contribution is 0.300. The second kappa shape index (κ2) is 6.87. The fraction of sp³-hybridized carbons (Fsp3) is 0.333. The summed E-state index contributed by atoms with van der Waals surface area (Å²) in [6.07, 6.45) is 0. The quantitative estimate of drug-likeness (QED) is 0.878. The molecule has 0 bridgehead atoms. The van der Waals surface area contributed by atoms with E-state index in [0.29, 0.717) is 5.56 Å². The van der Waals surface area contributed by atoms with Gasteiger partial charge in [-0.3, -0.25) is 0 Å². The predicted octanol–water partition coefficient (Wildman–Crippen LogP) is 2.78. The van der Waals surface area contributed by atoms with Gasteiger partial charge in [0.1, 0.15) is 5.82 Å². The fourth-order valence-corrected chi connectivity index (χ4v) is 4.19. The van der Waals surface area contributed by atoms with Gasteiger partial charge in [-0.05, 0) is 61.1 Å². The minimum absolute atomic E-state index is 0.0182. The third-order valence-corrected chi connectivity index (χ3v) is 5.72. The van der Waals surface area contributed by atoms with Crippen LogP contribution in [-0.2, 0) is 10.0 Å². The van der Waals surface area contributed by atoms with Gasteiger partial charge in [-0.2, -0.15) is 11.3 Å². The molecule has 1 heterocycles. The first-order valence-corrected chi connectivity index (χ1v) is 9.18. The number of likely N-dealkylation sites (N-methyl/N-ethyl adjacent to an activating group) is 1. The van der Waals surface area contributed by atoms with Gasteiger partial charge in [-0.15, -0.1) is 0 Å². The van der Waals surface area contributed by atoms with E-state index in [0.717, 1.165) is 11.6 Å². The van der Waals surface area contributed by atoms with Crippen molar-refractivity contribution < 1.29 is 12.8 Å². The number of thiophene rings is 1. The Bertz CT molecular complexity index is 728. The molecule has 0 saturated heterocycles. The normalized spacial score (nSPS) is 13.5. The number of nitrogens with one attached hydrogen (secondary N) is 1. The molecule has 0 radical (unpaired) electrons. The predicted molar refractivity (Wildman–Crippen MR) is 87.1 cm³/mol. The van der Waals surface area contributed by atoms with Crippen molar-refractivity contribution in [3.63, 3.8) is 0 Å². The lowest BCUT2D eigenvalue weighted by Crippen LogP contribution is -2.34. The molecule has 1 N–H and O–H groups in total. The van der Waals surface area contributed by atoms with E-state index in [2.05, 4.69) is 4.72 Å². The summed E-state index contributed by atoms with van der Waals surface area (Å²) in [4.78, 5) is 1.93. The van der Waals surface area contributed by atoms with E-state index in [-0.39, 0.29) is 17.5 Å².